The normalized spacial score (nSPS) is 14.5. The Hall–Kier alpha value is -4.18. The number of aryl methyl sites for hydroxylation is 1. The summed E-state index contributed by atoms with van der Waals surface area (Å²) in [6.45, 7) is 8.32. The van der Waals surface area contributed by atoms with Crippen molar-refractivity contribution in [3.05, 3.63) is 86.6 Å². The molecule has 11 heteroatoms. The van der Waals surface area contributed by atoms with Gasteiger partial charge >= 0.3 is 5.97 Å². The Morgan fingerprint density at radius 2 is 1.74 bits per heavy atom. The van der Waals surface area contributed by atoms with Crippen molar-refractivity contribution in [2.45, 2.75) is 26.8 Å². The average molecular weight is 534 g/mol. The Bertz CT molecular complexity index is 1560. The number of aromatic carboxylic acids is 1. The number of benzene rings is 1. The molecule has 1 aliphatic heterocycles. The molecule has 4 aromatic rings. The quantitative estimate of drug-likeness (QED) is 0.380. The number of para-hydroxylation sites is 1. The molecule has 0 amide bonds. The van der Waals surface area contributed by atoms with Crippen LogP contribution in [0, 0.1) is 13.8 Å². The molecule has 0 spiro atoms. The number of anilines is 3. The fourth-order valence-electron chi connectivity index (χ4n) is 4.71. The molecule has 10 nitrogen and oxygen atoms in total. The van der Waals surface area contributed by atoms with Gasteiger partial charge in [-0.2, -0.15) is 0 Å². The van der Waals surface area contributed by atoms with Gasteiger partial charge in [-0.25, -0.2) is 19.7 Å². The van der Waals surface area contributed by atoms with E-state index in [0.29, 0.717) is 65.4 Å². The largest absolute Gasteiger partial charge is 0.478 e. The van der Waals surface area contributed by atoms with Gasteiger partial charge in [0.15, 0.2) is 0 Å². The predicted molar refractivity (Wildman–Crippen MR) is 148 cm³/mol. The van der Waals surface area contributed by atoms with Crippen molar-refractivity contribution in [2.24, 2.45) is 0 Å². The Balaban J connectivity index is 1.48. The predicted octanol–water partition coefficient (Wildman–Crippen LogP) is 3.95. The lowest BCUT2D eigenvalue weighted by molar-refractivity contribution is 0.0698. The van der Waals surface area contributed by atoms with E-state index in [1.54, 1.807) is 55.8 Å². The number of fused-ring (bicyclic) bond motifs is 1. The second-order valence-electron chi connectivity index (χ2n) is 9.42. The van der Waals surface area contributed by atoms with Crippen LogP contribution >= 0.6 is 11.6 Å². The summed E-state index contributed by atoms with van der Waals surface area (Å²) in [5.41, 5.74) is 3.12. The molecule has 196 valence electrons. The van der Waals surface area contributed by atoms with Crippen LogP contribution in [0.4, 0.5) is 17.5 Å². The lowest BCUT2D eigenvalue weighted by atomic mass is 10.1. The Morgan fingerprint density at radius 3 is 2.42 bits per heavy atom. The van der Waals surface area contributed by atoms with E-state index in [0.717, 1.165) is 5.56 Å². The van der Waals surface area contributed by atoms with Gasteiger partial charge < -0.3 is 20.2 Å². The molecular formula is C27H28ClN7O3. The number of nitrogens with one attached hydrogen (secondary N) is 1. The molecule has 4 heterocycles. The first kappa shape index (κ1) is 25.5. The van der Waals surface area contributed by atoms with Gasteiger partial charge in [-0.1, -0.05) is 23.7 Å². The van der Waals surface area contributed by atoms with Gasteiger partial charge in [-0.15, -0.1) is 0 Å². The minimum atomic E-state index is -1.03. The van der Waals surface area contributed by atoms with Crippen molar-refractivity contribution in [3.8, 4) is 0 Å². The molecule has 1 fully saturated rings. The second kappa shape index (κ2) is 10.3. The van der Waals surface area contributed by atoms with Crippen LogP contribution in [0.2, 0.25) is 5.02 Å². The van der Waals surface area contributed by atoms with Gasteiger partial charge in [-0.3, -0.25) is 9.20 Å². The fraction of sp³-hybridized carbons (Fsp3) is 0.296. The van der Waals surface area contributed by atoms with Gasteiger partial charge in [0, 0.05) is 56.0 Å². The standard InChI is InChI=1S/C27H28ClN7O3/c1-16-13-29-27(30-14-16)34-10-8-33(9-11-34)23-17(2)25(36)35-15-19(28)12-21(24(35)32-23)18(3)31-22-7-5-4-6-20(22)26(37)38/h4-7,12-15,18,31H,8-11H2,1-3H3,(H,37,38)/t18-/m1/s1. The summed E-state index contributed by atoms with van der Waals surface area (Å²) in [6.07, 6.45) is 5.18. The van der Waals surface area contributed by atoms with E-state index in [1.807, 2.05) is 13.8 Å². The topological polar surface area (TPSA) is 116 Å². The smallest absolute Gasteiger partial charge is 0.337 e. The highest BCUT2D eigenvalue weighted by molar-refractivity contribution is 6.30. The number of carbonyl (C=O) groups is 1. The molecule has 1 saturated heterocycles. The minimum absolute atomic E-state index is 0.155. The van der Waals surface area contributed by atoms with Gasteiger partial charge in [0.05, 0.1) is 22.2 Å². The average Bonchev–Trinajstić information content (AvgIpc) is 2.91. The minimum Gasteiger partial charge on any atom is -0.478 e. The second-order valence-corrected chi connectivity index (χ2v) is 9.86. The molecular weight excluding hydrogens is 506 g/mol. The maximum absolute atomic E-state index is 13.4. The maximum Gasteiger partial charge on any atom is 0.337 e. The van der Waals surface area contributed by atoms with Crippen LogP contribution < -0.4 is 20.7 Å². The highest BCUT2D eigenvalue weighted by atomic mass is 35.5. The molecule has 5 rings (SSSR count). The number of carboxylic acid groups (broad SMARTS) is 1. The number of pyridine rings is 1. The Kier molecular flexibility index (Phi) is 6.90. The van der Waals surface area contributed by atoms with Crippen LogP contribution in [0.1, 0.15) is 40.0 Å². The molecule has 0 unspecified atom stereocenters. The van der Waals surface area contributed by atoms with Crippen molar-refractivity contribution >= 4 is 40.7 Å². The third kappa shape index (κ3) is 4.87. The van der Waals surface area contributed by atoms with Crippen molar-refractivity contribution in [1.29, 1.82) is 0 Å². The number of piperazine rings is 1. The lowest BCUT2D eigenvalue weighted by Gasteiger charge is -2.36. The monoisotopic (exact) mass is 533 g/mol. The van der Waals surface area contributed by atoms with E-state index in [9.17, 15) is 14.7 Å². The molecule has 1 atom stereocenters. The first-order chi connectivity index (χ1) is 18.2. The third-order valence-electron chi connectivity index (χ3n) is 6.74. The van der Waals surface area contributed by atoms with Gasteiger partial charge in [-0.05, 0) is 44.5 Å². The lowest BCUT2D eigenvalue weighted by Crippen LogP contribution is -2.48. The number of aromatic nitrogens is 4. The number of rotatable bonds is 6. The van der Waals surface area contributed by atoms with E-state index in [2.05, 4.69) is 25.1 Å². The van der Waals surface area contributed by atoms with E-state index < -0.39 is 5.97 Å². The molecule has 2 N–H and O–H groups in total. The number of halogens is 1. The van der Waals surface area contributed by atoms with Crippen molar-refractivity contribution < 1.29 is 9.90 Å². The van der Waals surface area contributed by atoms with Crippen LogP contribution in [0.25, 0.3) is 5.65 Å². The van der Waals surface area contributed by atoms with Crippen LogP contribution in [-0.4, -0.2) is 56.6 Å². The summed E-state index contributed by atoms with van der Waals surface area (Å²) in [7, 11) is 0. The number of hydrogen-bond acceptors (Lipinski definition) is 8. The summed E-state index contributed by atoms with van der Waals surface area (Å²) < 4.78 is 1.47. The van der Waals surface area contributed by atoms with Gasteiger partial charge in [0.1, 0.15) is 11.5 Å². The summed E-state index contributed by atoms with van der Waals surface area (Å²) in [5, 5.41) is 13.2. The van der Waals surface area contributed by atoms with Crippen LogP contribution in [0.3, 0.4) is 0 Å². The molecule has 1 aromatic carbocycles. The summed E-state index contributed by atoms with van der Waals surface area (Å²) >= 11 is 6.41. The van der Waals surface area contributed by atoms with Gasteiger partial charge in [0.2, 0.25) is 5.95 Å². The molecule has 0 aliphatic carbocycles. The van der Waals surface area contributed by atoms with Crippen molar-refractivity contribution in [2.75, 3.05) is 41.3 Å². The fourth-order valence-corrected chi connectivity index (χ4v) is 4.92. The van der Waals surface area contributed by atoms with E-state index in [1.165, 1.54) is 4.40 Å². The molecule has 3 aromatic heterocycles. The molecule has 0 saturated carbocycles. The zero-order chi connectivity index (χ0) is 27.0. The highest BCUT2D eigenvalue weighted by Gasteiger charge is 2.24. The van der Waals surface area contributed by atoms with E-state index in [4.69, 9.17) is 16.6 Å². The van der Waals surface area contributed by atoms with Crippen molar-refractivity contribution in [3.63, 3.8) is 0 Å². The molecule has 1 aliphatic rings. The molecule has 0 radical (unpaired) electrons. The summed E-state index contributed by atoms with van der Waals surface area (Å²) in [6, 6.07) is 8.06. The van der Waals surface area contributed by atoms with E-state index >= 15 is 0 Å². The van der Waals surface area contributed by atoms with Gasteiger partial charge in [0.25, 0.3) is 5.56 Å². The number of nitrogens with zero attached hydrogens (tertiary/aromatic N) is 6. The highest BCUT2D eigenvalue weighted by Crippen LogP contribution is 2.28. The third-order valence-corrected chi connectivity index (χ3v) is 6.95. The molecule has 38 heavy (non-hydrogen) atoms. The number of hydrogen-bond donors (Lipinski definition) is 2. The van der Waals surface area contributed by atoms with Crippen LogP contribution in [-0.2, 0) is 0 Å². The first-order valence-corrected chi connectivity index (χ1v) is 12.7. The maximum atomic E-state index is 13.4. The SMILES string of the molecule is Cc1cnc(N2CCN(c3nc4c([C@@H](C)Nc5ccccc5C(=O)O)cc(Cl)cn4c(=O)c3C)CC2)nc1. The number of carboxylic acids is 1. The van der Waals surface area contributed by atoms with Crippen molar-refractivity contribution in [1.82, 2.24) is 19.4 Å². The summed E-state index contributed by atoms with van der Waals surface area (Å²) in [4.78, 5) is 43.2. The van der Waals surface area contributed by atoms with Crippen LogP contribution in [0.15, 0.2) is 53.7 Å². The first-order valence-electron chi connectivity index (χ1n) is 12.3. The van der Waals surface area contributed by atoms with E-state index in [-0.39, 0.29) is 17.2 Å². The Labute approximate surface area is 224 Å². The zero-order valence-corrected chi connectivity index (χ0v) is 22.1. The zero-order valence-electron chi connectivity index (χ0n) is 21.3. The van der Waals surface area contributed by atoms with Crippen LogP contribution in [0.5, 0.6) is 0 Å². The molecule has 0 bridgehead atoms. The summed E-state index contributed by atoms with van der Waals surface area (Å²) in [5.74, 6) is 0.289. The Morgan fingerprint density at radius 1 is 1.08 bits per heavy atom.